The summed E-state index contributed by atoms with van der Waals surface area (Å²) in [5.41, 5.74) is 1.10. The molecule has 21 heavy (non-hydrogen) atoms. The quantitative estimate of drug-likeness (QED) is 0.853. The molecule has 5 nitrogen and oxygen atoms in total. The Balaban J connectivity index is 2.00. The van der Waals surface area contributed by atoms with Crippen LogP contribution in [-0.4, -0.2) is 32.7 Å². The molecule has 1 heterocycles. The Kier molecular flexibility index (Phi) is 5.32. The highest BCUT2D eigenvalue weighted by atomic mass is 16.5. The van der Waals surface area contributed by atoms with Gasteiger partial charge in [0.05, 0.1) is 23.7 Å². The molecule has 112 valence electrons. The van der Waals surface area contributed by atoms with Gasteiger partial charge in [-0.1, -0.05) is 12.1 Å². The fourth-order valence-electron chi connectivity index (χ4n) is 2.74. The number of benzene rings is 1. The van der Waals surface area contributed by atoms with Crippen LogP contribution in [0.2, 0.25) is 0 Å². The number of carbonyl (C=O) groups excluding carboxylic acids is 1. The van der Waals surface area contributed by atoms with E-state index in [1.54, 1.807) is 19.2 Å². The maximum absolute atomic E-state index is 12.6. The minimum atomic E-state index is -0.438. The maximum Gasteiger partial charge on any atom is 0.228 e. The second kappa shape index (κ2) is 7.21. The smallest absolute Gasteiger partial charge is 0.228 e. The van der Waals surface area contributed by atoms with Crippen molar-refractivity contribution in [2.24, 2.45) is 5.41 Å². The first kappa shape index (κ1) is 15.5. The SMILES string of the molecule is COCC1(C(=O)NCc2cccc(C#N)c2)CCNCC1. The number of carbonyl (C=O) groups is 1. The van der Waals surface area contributed by atoms with Crippen LogP contribution < -0.4 is 10.6 Å². The number of piperidine rings is 1. The molecule has 0 atom stereocenters. The van der Waals surface area contributed by atoms with E-state index in [4.69, 9.17) is 10.00 Å². The van der Waals surface area contributed by atoms with Gasteiger partial charge in [0.15, 0.2) is 0 Å². The van der Waals surface area contributed by atoms with Crippen LogP contribution in [0, 0.1) is 16.7 Å². The summed E-state index contributed by atoms with van der Waals surface area (Å²) in [5.74, 6) is 0.0354. The predicted molar refractivity (Wildman–Crippen MR) is 79.4 cm³/mol. The molecule has 2 rings (SSSR count). The molecule has 0 spiro atoms. The van der Waals surface area contributed by atoms with E-state index in [0.717, 1.165) is 31.5 Å². The Hall–Kier alpha value is -1.90. The summed E-state index contributed by atoms with van der Waals surface area (Å²) in [7, 11) is 1.63. The molecule has 0 unspecified atom stereocenters. The lowest BCUT2D eigenvalue weighted by molar-refractivity contribution is -0.136. The summed E-state index contributed by atoms with van der Waals surface area (Å²) >= 11 is 0. The first-order chi connectivity index (χ1) is 10.2. The highest BCUT2D eigenvalue weighted by molar-refractivity contribution is 5.83. The molecule has 0 bridgehead atoms. The van der Waals surface area contributed by atoms with Crippen molar-refractivity contribution in [1.82, 2.24) is 10.6 Å². The number of hydrogen-bond donors (Lipinski definition) is 2. The largest absolute Gasteiger partial charge is 0.384 e. The number of amides is 1. The van der Waals surface area contributed by atoms with E-state index in [9.17, 15) is 4.79 Å². The van der Waals surface area contributed by atoms with E-state index in [1.165, 1.54) is 0 Å². The first-order valence-electron chi connectivity index (χ1n) is 7.17. The van der Waals surface area contributed by atoms with Crippen molar-refractivity contribution in [3.8, 4) is 6.07 Å². The molecule has 5 heteroatoms. The van der Waals surface area contributed by atoms with Crippen molar-refractivity contribution in [3.05, 3.63) is 35.4 Å². The van der Waals surface area contributed by atoms with Gasteiger partial charge in [-0.3, -0.25) is 4.79 Å². The summed E-state index contributed by atoms with van der Waals surface area (Å²) in [6.07, 6.45) is 1.57. The molecule has 0 aromatic heterocycles. The molecule has 0 saturated carbocycles. The van der Waals surface area contributed by atoms with E-state index < -0.39 is 5.41 Å². The number of nitrogens with one attached hydrogen (secondary N) is 2. The van der Waals surface area contributed by atoms with Gasteiger partial charge in [0.1, 0.15) is 0 Å². The van der Waals surface area contributed by atoms with Crippen molar-refractivity contribution in [2.75, 3.05) is 26.8 Å². The van der Waals surface area contributed by atoms with Gasteiger partial charge in [0.25, 0.3) is 0 Å². The van der Waals surface area contributed by atoms with E-state index >= 15 is 0 Å². The molecule has 0 aliphatic carbocycles. The van der Waals surface area contributed by atoms with Crippen molar-refractivity contribution >= 4 is 5.91 Å². The minimum Gasteiger partial charge on any atom is -0.384 e. The Morgan fingerprint density at radius 1 is 1.48 bits per heavy atom. The molecular weight excluding hydrogens is 266 g/mol. The highest BCUT2D eigenvalue weighted by Crippen LogP contribution is 2.29. The molecular formula is C16H21N3O2. The summed E-state index contributed by atoms with van der Waals surface area (Å²) in [5, 5.41) is 15.2. The normalized spacial score (nSPS) is 17.0. The van der Waals surface area contributed by atoms with Crippen molar-refractivity contribution in [3.63, 3.8) is 0 Å². The van der Waals surface area contributed by atoms with Crippen molar-refractivity contribution in [2.45, 2.75) is 19.4 Å². The minimum absolute atomic E-state index is 0.0354. The Morgan fingerprint density at radius 3 is 2.90 bits per heavy atom. The van der Waals surface area contributed by atoms with Gasteiger partial charge < -0.3 is 15.4 Å². The second-order valence-electron chi connectivity index (χ2n) is 5.46. The molecule has 1 aromatic carbocycles. The summed E-state index contributed by atoms with van der Waals surface area (Å²) in [6, 6.07) is 9.40. The average Bonchev–Trinajstić information content (AvgIpc) is 2.54. The summed E-state index contributed by atoms with van der Waals surface area (Å²) in [6.45, 7) is 2.55. The fraction of sp³-hybridized carbons (Fsp3) is 0.500. The van der Waals surface area contributed by atoms with Crippen LogP contribution in [0.5, 0.6) is 0 Å². The lowest BCUT2D eigenvalue weighted by Gasteiger charge is -2.35. The average molecular weight is 287 g/mol. The third-order valence-electron chi connectivity index (χ3n) is 3.97. The molecule has 1 amide bonds. The summed E-state index contributed by atoms with van der Waals surface area (Å²) in [4.78, 5) is 12.6. The monoisotopic (exact) mass is 287 g/mol. The van der Waals surface area contributed by atoms with Crippen LogP contribution in [0.1, 0.15) is 24.0 Å². The van der Waals surface area contributed by atoms with Gasteiger partial charge in [-0.05, 0) is 43.6 Å². The van der Waals surface area contributed by atoms with Gasteiger partial charge in [-0.15, -0.1) is 0 Å². The predicted octanol–water partition coefficient (Wildman–Crippen LogP) is 1.19. The summed E-state index contributed by atoms with van der Waals surface area (Å²) < 4.78 is 5.26. The Morgan fingerprint density at radius 2 is 2.24 bits per heavy atom. The van der Waals surface area contributed by atoms with Gasteiger partial charge >= 0.3 is 0 Å². The van der Waals surface area contributed by atoms with E-state index in [-0.39, 0.29) is 5.91 Å². The number of rotatable bonds is 5. The zero-order valence-electron chi connectivity index (χ0n) is 12.3. The van der Waals surface area contributed by atoms with Crippen LogP contribution in [0.4, 0.5) is 0 Å². The zero-order chi connectivity index (χ0) is 15.1. The van der Waals surface area contributed by atoms with Crippen LogP contribution in [0.15, 0.2) is 24.3 Å². The zero-order valence-corrected chi connectivity index (χ0v) is 12.3. The lowest BCUT2D eigenvalue weighted by atomic mass is 9.78. The van der Waals surface area contributed by atoms with E-state index in [1.807, 2.05) is 12.1 Å². The van der Waals surface area contributed by atoms with Crippen LogP contribution in [-0.2, 0) is 16.1 Å². The molecule has 2 N–H and O–H groups in total. The molecule has 0 radical (unpaired) electrons. The standard InChI is InChI=1S/C16H21N3O2/c1-21-12-16(5-7-18-8-6-16)15(20)19-11-14-4-2-3-13(9-14)10-17/h2-4,9,18H,5-8,11-12H2,1H3,(H,19,20). The second-order valence-corrected chi connectivity index (χ2v) is 5.46. The molecule has 1 aliphatic heterocycles. The van der Waals surface area contributed by atoms with E-state index in [2.05, 4.69) is 16.7 Å². The molecule has 1 aromatic rings. The third kappa shape index (κ3) is 3.81. The number of nitrogens with zero attached hydrogens (tertiary/aromatic N) is 1. The Bertz CT molecular complexity index is 525. The fourth-order valence-corrected chi connectivity index (χ4v) is 2.74. The van der Waals surface area contributed by atoms with Gasteiger partial charge in [0, 0.05) is 13.7 Å². The number of hydrogen-bond acceptors (Lipinski definition) is 4. The van der Waals surface area contributed by atoms with Crippen molar-refractivity contribution in [1.29, 1.82) is 5.26 Å². The van der Waals surface area contributed by atoms with Crippen molar-refractivity contribution < 1.29 is 9.53 Å². The Labute approximate surface area is 125 Å². The molecule has 1 aliphatic rings. The number of ether oxygens (including phenoxy) is 1. The van der Waals surface area contributed by atoms with Crippen LogP contribution in [0.3, 0.4) is 0 Å². The number of methoxy groups -OCH3 is 1. The lowest BCUT2D eigenvalue weighted by Crippen LogP contribution is -2.49. The molecule has 1 saturated heterocycles. The first-order valence-corrected chi connectivity index (χ1v) is 7.17. The van der Waals surface area contributed by atoms with Gasteiger partial charge in [-0.25, -0.2) is 0 Å². The molecule has 1 fully saturated rings. The maximum atomic E-state index is 12.6. The third-order valence-corrected chi connectivity index (χ3v) is 3.97. The topological polar surface area (TPSA) is 74.1 Å². The van der Waals surface area contributed by atoms with Crippen LogP contribution in [0.25, 0.3) is 0 Å². The van der Waals surface area contributed by atoms with E-state index in [0.29, 0.717) is 18.7 Å². The van der Waals surface area contributed by atoms with Gasteiger partial charge in [-0.2, -0.15) is 5.26 Å². The number of nitriles is 1. The van der Waals surface area contributed by atoms with Crippen LogP contribution >= 0.6 is 0 Å². The van der Waals surface area contributed by atoms with Gasteiger partial charge in [0.2, 0.25) is 5.91 Å². The highest BCUT2D eigenvalue weighted by Gasteiger charge is 2.39.